The SMILES string of the molecule is CC(C)S(=O)(=O)N1CCC(Oc2ccccc2Nc2ncnc3sccc23)C1. The van der Waals surface area contributed by atoms with Gasteiger partial charge in [0.25, 0.3) is 0 Å². The zero-order chi connectivity index (χ0) is 19.7. The van der Waals surface area contributed by atoms with Crippen molar-refractivity contribution >= 4 is 43.1 Å². The molecule has 1 aliphatic heterocycles. The lowest BCUT2D eigenvalue weighted by Gasteiger charge is -2.20. The van der Waals surface area contributed by atoms with Crippen molar-refractivity contribution in [2.75, 3.05) is 18.4 Å². The third-order valence-corrected chi connectivity index (χ3v) is 7.82. The van der Waals surface area contributed by atoms with E-state index in [1.807, 2.05) is 35.7 Å². The van der Waals surface area contributed by atoms with Crippen LogP contribution in [0.1, 0.15) is 20.3 Å². The summed E-state index contributed by atoms with van der Waals surface area (Å²) in [6, 6.07) is 9.61. The molecule has 1 fully saturated rings. The smallest absolute Gasteiger partial charge is 0.216 e. The molecule has 1 N–H and O–H groups in total. The van der Waals surface area contributed by atoms with Crippen molar-refractivity contribution < 1.29 is 13.2 Å². The molecule has 0 amide bonds. The number of hydrogen-bond donors (Lipinski definition) is 1. The number of para-hydroxylation sites is 2. The molecule has 7 nitrogen and oxygen atoms in total. The molecule has 3 aromatic rings. The van der Waals surface area contributed by atoms with Gasteiger partial charge in [-0.05, 0) is 43.8 Å². The first-order valence-corrected chi connectivity index (χ1v) is 11.5. The molecule has 9 heteroatoms. The van der Waals surface area contributed by atoms with Gasteiger partial charge in [0, 0.05) is 6.54 Å². The summed E-state index contributed by atoms with van der Waals surface area (Å²) in [5.74, 6) is 1.40. The molecule has 4 rings (SSSR count). The van der Waals surface area contributed by atoms with E-state index in [4.69, 9.17) is 4.74 Å². The molecule has 0 bridgehead atoms. The highest BCUT2D eigenvalue weighted by atomic mass is 32.2. The number of hydrogen-bond acceptors (Lipinski definition) is 7. The summed E-state index contributed by atoms with van der Waals surface area (Å²) in [6.45, 7) is 4.27. The number of rotatable bonds is 6. The van der Waals surface area contributed by atoms with E-state index >= 15 is 0 Å². The maximum atomic E-state index is 12.4. The third-order valence-electron chi connectivity index (χ3n) is 4.76. The molecule has 0 aliphatic carbocycles. The second-order valence-electron chi connectivity index (χ2n) is 6.96. The average Bonchev–Trinajstić information content (AvgIpc) is 3.33. The molecule has 0 saturated carbocycles. The van der Waals surface area contributed by atoms with Gasteiger partial charge in [-0.3, -0.25) is 0 Å². The largest absolute Gasteiger partial charge is 0.487 e. The van der Waals surface area contributed by atoms with Gasteiger partial charge in [0.15, 0.2) is 0 Å². The summed E-state index contributed by atoms with van der Waals surface area (Å²) in [4.78, 5) is 9.54. The summed E-state index contributed by atoms with van der Waals surface area (Å²) >= 11 is 1.56. The van der Waals surface area contributed by atoms with Crippen LogP contribution in [0, 0.1) is 0 Å². The first kappa shape index (κ1) is 19.1. The average molecular weight is 419 g/mol. The Kier molecular flexibility index (Phi) is 5.22. The fourth-order valence-corrected chi connectivity index (χ4v) is 5.26. The van der Waals surface area contributed by atoms with E-state index in [2.05, 4.69) is 15.3 Å². The highest BCUT2D eigenvalue weighted by Gasteiger charge is 2.34. The molecule has 0 spiro atoms. The molecule has 1 saturated heterocycles. The molecule has 2 aromatic heterocycles. The first-order chi connectivity index (χ1) is 13.4. The number of anilines is 2. The van der Waals surface area contributed by atoms with Crippen molar-refractivity contribution in [1.82, 2.24) is 14.3 Å². The third kappa shape index (κ3) is 3.69. The Morgan fingerprint density at radius 1 is 1.25 bits per heavy atom. The van der Waals surface area contributed by atoms with Crippen LogP contribution >= 0.6 is 11.3 Å². The number of ether oxygens (including phenoxy) is 1. The van der Waals surface area contributed by atoms with E-state index in [0.29, 0.717) is 25.3 Å². The van der Waals surface area contributed by atoms with Gasteiger partial charge < -0.3 is 10.1 Å². The van der Waals surface area contributed by atoms with E-state index in [0.717, 1.165) is 21.7 Å². The summed E-state index contributed by atoms with van der Waals surface area (Å²) in [5, 5.41) is 5.85. The molecule has 3 heterocycles. The quantitative estimate of drug-likeness (QED) is 0.658. The summed E-state index contributed by atoms with van der Waals surface area (Å²) in [6.07, 6.45) is 2.03. The Morgan fingerprint density at radius 2 is 2.07 bits per heavy atom. The minimum Gasteiger partial charge on any atom is -0.487 e. The molecule has 1 unspecified atom stereocenters. The molecule has 28 heavy (non-hydrogen) atoms. The van der Waals surface area contributed by atoms with Crippen molar-refractivity contribution in [3.8, 4) is 5.75 Å². The summed E-state index contributed by atoms with van der Waals surface area (Å²) in [7, 11) is -3.26. The van der Waals surface area contributed by atoms with E-state index in [9.17, 15) is 8.42 Å². The van der Waals surface area contributed by atoms with Gasteiger partial charge in [0.05, 0.1) is 22.9 Å². The molecule has 1 aliphatic rings. The van der Waals surface area contributed by atoms with Crippen LogP contribution in [0.5, 0.6) is 5.75 Å². The van der Waals surface area contributed by atoms with E-state index in [1.54, 1.807) is 25.2 Å². The maximum absolute atomic E-state index is 12.4. The van der Waals surface area contributed by atoms with Crippen molar-refractivity contribution in [2.45, 2.75) is 31.6 Å². The Hall–Kier alpha value is -2.23. The van der Waals surface area contributed by atoms with Crippen molar-refractivity contribution in [3.05, 3.63) is 42.0 Å². The van der Waals surface area contributed by atoms with Crippen LogP contribution in [0.4, 0.5) is 11.5 Å². The van der Waals surface area contributed by atoms with Gasteiger partial charge in [-0.15, -0.1) is 11.3 Å². The Bertz CT molecular complexity index is 1080. The highest BCUT2D eigenvalue weighted by Crippen LogP contribution is 2.32. The number of sulfonamides is 1. The van der Waals surface area contributed by atoms with Crippen molar-refractivity contribution in [1.29, 1.82) is 0 Å². The van der Waals surface area contributed by atoms with Gasteiger partial charge in [0.2, 0.25) is 10.0 Å². The molecule has 1 aromatic carbocycles. The molecular weight excluding hydrogens is 396 g/mol. The standard InChI is InChI=1S/C19H22N4O3S2/c1-13(2)28(24,25)23-9-7-14(11-23)26-17-6-4-3-5-16(17)22-18-15-8-10-27-19(15)21-12-20-18/h3-6,8,10,12-14H,7,9,11H2,1-2H3,(H,20,21,22). The van der Waals surface area contributed by atoms with E-state index in [1.165, 1.54) is 10.6 Å². The predicted molar refractivity (Wildman–Crippen MR) is 112 cm³/mol. The van der Waals surface area contributed by atoms with Crippen molar-refractivity contribution in [3.63, 3.8) is 0 Å². The van der Waals surface area contributed by atoms with Crippen LogP contribution in [0.25, 0.3) is 10.2 Å². The number of nitrogens with one attached hydrogen (secondary N) is 1. The van der Waals surface area contributed by atoms with Gasteiger partial charge in [0.1, 0.15) is 28.8 Å². The fourth-order valence-electron chi connectivity index (χ4n) is 3.19. The van der Waals surface area contributed by atoms with Gasteiger partial charge in [-0.2, -0.15) is 4.31 Å². The monoisotopic (exact) mass is 418 g/mol. The highest BCUT2D eigenvalue weighted by molar-refractivity contribution is 7.89. The summed E-state index contributed by atoms with van der Waals surface area (Å²) < 4.78 is 32.5. The van der Waals surface area contributed by atoms with Crippen LogP contribution in [-0.2, 0) is 10.0 Å². The maximum Gasteiger partial charge on any atom is 0.216 e. The number of nitrogens with zero attached hydrogens (tertiary/aromatic N) is 3. The lowest BCUT2D eigenvalue weighted by Crippen LogP contribution is -2.35. The second kappa shape index (κ2) is 7.65. The van der Waals surface area contributed by atoms with Crippen LogP contribution in [0.15, 0.2) is 42.0 Å². The zero-order valence-corrected chi connectivity index (χ0v) is 17.3. The van der Waals surface area contributed by atoms with Crippen LogP contribution in [0.3, 0.4) is 0 Å². The number of aromatic nitrogens is 2. The van der Waals surface area contributed by atoms with Crippen LogP contribution < -0.4 is 10.1 Å². The predicted octanol–water partition coefficient (Wildman–Crippen LogP) is 3.63. The Morgan fingerprint density at radius 3 is 2.89 bits per heavy atom. The number of thiophene rings is 1. The van der Waals surface area contributed by atoms with E-state index in [-0.39, 0.29) is 6.10 Å². The zero-order valence-electron chi connectivity index (χ0n) is 15.7. The Labute approximate surface area is 168 Å². The minimum atomic E-state index is -3.26. The topological polar surface area (TPSA) is 84.4 Å². The number of fused-ring (bicyclic) bond motifs is 1. The molecule has 1 atom stereocenters. The fraction of sp³-hybridized carbons (Fsp3) is 0.368. The lowest BCUT2D eigenvalue weighted by atomic mass is 10.2. The summed E-state index contributed by atoms with van der Waals surface area (Å²) in [5.41, 5.74) is 0.791. The first-order valence-electron chi connectivity index (χ1n) is 9.15. The van der Waals surface area contributed by atoms with Gasteiger partial charge in [-0.1, -0.05) is 12.1 Å². The van der Waals surface area contributed by atoms with Crippen LogP contribution in [0.2, 0.25) is 0 Å². The normalized spacial score (nSPS) is 18.0. The van der Waals surface area contributed by atoms with Gasteiger partial charge >= 0.3 is 0 Å². The lowest BCUT2D eigenvalue weighted by molar-refractivity contribution is 0.216. The Balaban J connectivity index is 1.52. The minimum absolute atomic E-state index is 0.178. The number of benzene rings is 1. The molecular formula is C19H22N4O3S2. The van der Waals surface area contributed by atoms with Crippen LogP contribution in [-0.4, -0.2) is 47.1 Å². The second-order valence-corrected chi connectivity index (χ2v) is 10.3. The van der Waals surface area contributed by atoms with Gasteiger partial charge in [-0.25, -0.2) is 18.4 Å². The molecule has 0 radical (unpaired) electrons. The van der Waals surface area contributed by atoms with E-state index < -0.39 is 15.3 Å². The molecule has 148 valence electrons. The van der Waals surface area contributed by atoms with Crippen molar-refractivity contribution in [2.24, 2.45) is 0 Å².